The van der Waals surface area contributed by atoms with Crippen molar-refractivity contribution in [2.24, 2.45) is 0 Å². The van der Waals surface area contributed by atoms with Crippen molar-refractivity contribution in [3.05, 3.63) is 35.6 Å². The zero-order valence-electron chi connectivity index (χ0n) is 6.88. The van der Waals surface area contributed by atoms with Gasteiger partial charge < -0.3 is 4.74 Å². The Bertz CT molecular complexity index is 286. The zero-order chi connectivity index (χ0) is 8.97. The van der Waals surface area contributed by atoms with E-state index in [2.05, 4.69) is 11.6 Å². The molecule has 0 aliphatic heterocycles. The van der Waals surface area contributed by atoms with Crippen LogP contribution in [0.5, 0.6) is 5.75 Å². The Morgan fingerprint density at radius 1 is 1.75 bits per heavy atom. The lowest BCUT2D eigenvalue weighted by atomic mass is 10.3. The first kappa shape index (κ1) is 9.07. The first-order chi connectivity index (χ1) is 5.74. The van der Waals surface area contributed by atoms with Crippen LogP contribution < -0.4 is 4.74 Å². The van der Waals surface area contributed by atoms with E-state index in [0.717, 1.165) is 11.3 Å². The highest BCUT2D eigenvalue weighted by atomic mass is 35.5. The highest BCUT2D eigenvalue weighted by Gasteiger charge is 1.99. The van der Waals surface area contributed by atoms with Crippen molar-refractivity contribution in [2.45, 2.75) is 6.92 Å². The Morgan fingerprint density at radius 3 is 3.17 bits per heavy atom. The van der Waals surface area contributed by atoms with E-state index in [4.69, 9.17) is 16.3 Å². The molecule has 0 fully saturated rings. The maximum Gasteiger partial charge on any atom is 0.132 e. The lowest BCUT2D eigenvalue weighted by Crippen LogP contribution is -1.95. The molecule has 1 aromatic rings. The number of pyridine rings is 1. The monoisotopic (exact) mass is 183 g/mol. The molecule has 0 amide bonds. The maximum atomic E-state index is 5.68. The molecule has 1 rings (SSSR count). The molecule has 2 nitrogen and oxygen atoms in total. The summed E-state index contributed by atoms with van der Waals surface area (Å²) < 4.78 is 5.32. The molecule has 12 heavy (non-hydrogen) atoms. The minimum Gasteiger partial charge on any atom is -0.489 e. The van der Waals surface area contributed by atoms with Gasteiger partial charge >= 0.3 is 0 Å². The van der Waals surface area contributed by atoms with Gasteiger partial charge in [0.15, 0.2) is 0 Å². The van der Waals surface area contributed by atoms with E-state index in [1.807, 2.05) is 6.92 Å². The van der Waals surface area contributed by atoms with Gasteiger partial charge in [-0.15, -0.1) is 0 Å². The fourth-order valence-electron chi connectivity index (χ4n) is 0.786. The fraction of sp³-hybridized carbons (Fsp3) is 0.222. The standard InChI is InChI=1S/C9H10ClNO/c1-3-4-12-8-5-9(10)11-6-7(8)2/h3,5-6H,1,4H2,2H3. The van der Waals surface area contributed by atoms with Crippen molar-refractivity contribution < 1.29 is 4.74 Å². The summed E-state index contributed by atoms with van der Waals surface area (Å²) in [6.07, 6.45) is 3.37. The molecule has 3 heteroatoms. The number of hydrogen-bond acceptors (Lipinski definition) is 2. The first-order valence-corrected chi connectivity index (χ1v) is 3.97. The fourth-order valence-corrected chi connectivity index (χ4v) is 0.933. The van der Waals surface area contributed by atoms with Gasteiger partial charge in [-0.05, 0) is 6.92 Å². The van der Waals surface area contributed by atoms with Crippen molar-refractivity contribution in [2.75, 3.05) is 6.61 Å². The second kappa shape index (κ2) is 4.12. The molecule has 0 spiro atoms. The third kappa shape index (κ3) is 2.24. The van der Waals surface area contributed by atoms with E-state index in [-0.39, 0.29) is 0 Å². The topological polar surface area (TPSA) is 22.1 Å². The summed E-state index contributed by atoms with van der Waals surface area (Å²) in [5.74, 6) is 0.759. The van der Waals surface area contributed by atoms with Crippen molar-refractivity contribution in [1.82, 2.24) is 4.98 Å². The average molecular weight is 184 g/mol. The van der Waals surface area contributed by atoms with Crippen molar-refractivity contribution >= 4 is 11.6 Å². The largest absolute Gasteiger partial charge is 0.489 e. The van der Waals surface area contributed by atoms with Crippen LogP contribution >= 0.6 is 11.6 Å². The van der Waals surface area contributed by atoms with Gasteiger partial charge in [-0.1, -0.05) is 24.3 Å². The number of halogens is 1. The summed E-state index contributed by atoms with van der Waals surface area (Å²) in [5.41, 5.74) is 0.973. The second-order valence-corrected chi connectivity index (χ2v) is 2.76. The Kier molecular flexibility index (Phi) is 3.11. The molecule has 0 aliphatic rings. The van der Waals surface area contributed by atoms with Gasteiger partial charge in [-0.3, -0.25) is 0 Å². The highest BCUT2D eigenvalue weighted by molar-refractivity contribution is 6.29. The molecule has 0 aliphatic carbocycles. The third-order valence-corrected chi connectivity index (χ3v) is 1.58. The Hall–Kier alpha value is -1.02. The van der Waals surface area contributed by atoms with Crippen molar-refractivity contribution in [3.8, 4) is 5.75 Å². The first-order valence-electron chi connectivity index (χ1n) is 3.60. The highest BCUT2D eigenvalue weighted by Crippen LogP contribution is 2.19. The van der Waals surface area contributed by atoms with Gasteiger partial charge in [-0.2, -0.15) is 0 Å². The van der Waals surface area contributed by atoms with Gasteiger partial charge in [0.05, 0.1) is 0 Å². The van der Waals surface area contributed by atoms with E-state index < -0.39 is 0 Å². The smallest absolute Gasteiger partial charge is 0.132 e. The summed E-state index contributed by atoms with van der Waals surface area (Å²) in [6, 6.07) is 1.69. The average Bonchev–Trinajstić information content (AvgIpc) is 2.07. The minimum atomic E-state index is 0.444. The summed E-state index contributed by atoms with van der Waals surface area (Å²) in [7, 11) is 0. The zero-order valence-corrected chi connectivity index (χ0v) is 7.64. The summed E-state index contributed by atoms with van der Waals surface area (Å²) >= 11 is 5.68. The molecular formula is C9H10ClNO. The van der Waals surface area contributed by atoms with Crippen molar-refractivity contribution in [3.63, 3.8) is 0 Å². The number of aryl methyl sites for hydroxylation is 1. The summed E-state index contributed by atoms with van der Waals surface area (Å²) in [5, 5.41) is 0.444. The molecular weight excluding hydrogens is 174 g/mol. The van der Waals surface area contributed by atoms with Crippen LogP contribution in [0.3, 0.4) is 0 Å². The lowest BCUT2D eigenvalue weighted by molar-refractivity contribution is 0.360. The molecule has 0 radical (unpaired) electrons. The molecule has 1 aromatic heterocycles. The molecule has 0 N–H and O–H groups in total. The van der Waals surface area contributed by atoms with Crippen LogP contribution in [0.2, 0.25) is 5.15 Å². The number of hydrogen-bond donors (Lipinski definition) is 0. The van der Waals surface area contributed by atoms with Gasteiger partial charge in [0.25, 0.3) is 0 Å². The van der Waals surface area contributed by atoms with Crippen molar-refractivity contribution in [1.29, 1.82) is 0 Å². The molecule has 64 valence electrons. The molecule has 0 saturated carbocycles. The number of rotatable bonds is 3. The van der Waals surface area contributed by atoms with Gasteiger partial charge in [-0.25, -0.2) is 4.98 Å². The molecule has 0 saturated heterocycles. The van der Waals surface area contributed by atoms with E-state index in [1.165, 1.54) is 0 Å². The number of aromatic nitrogens is 1. The Labute approximate surface area is 76.8 Å². The Balaban J connectivity index is 2.82. The molecule has 1 heterocycles. The number of nitrogens with zero attached hydrogens (tertiary/aromatic N) is 1. The van der Waals surface area contributed by atoms with E-state index in [9.17, 15) is 0 Å². The third-order valence-electron chi connectivity index (χ3n) is 1.38. The molecule has 0 atom stereocenters. The predicted molar refractivity (Wildman–Crippen MR) is 49.7 cm³/mol. The van der Waals surface area contributed by atoms with E-state index in [1.54, 1.807) is 18.3 Å². The SMILES string of the molecule is C=CCOc1cc(Cl)ncc1C. The summed E-state index contributed by atoms with van der Waals surface area (Å²) in [4.78, 5) is 3.91. The van der Waals surface area contributed by atoms with Gasteiger partial charge in [0.2, 0.25) is 0 Å². The van der Waals surface area contributed by atoms with Crippen LogP contribution in [0, 0.1) is 6.92 Å². The molecule has 0 aromatic carbocycles. The van der Waals surface area contributed by atoms with Crippen LogP contribution in [-0.2, 0) is 0 Å². The normalized spacial score (nSPS) is 9.50. The Morgan fingerprint density at radius 2 is 2.50 bits per heavy atom. The van der Waals surface area contributed by atoms with Gasteiger partial charge in [0, 0.05) is 17.8 Å². The van der Waals surface area contributed by atoms with E-state index in [0.29, 0.717) is 11.8 Å². The van der Waals surface area contributed by atoms with Crippen LogP contribution in [0.1, 0.15) is 5.56 Å². The molecule has 0 bridgehead atoms. The van der Waals surface area contributed by atoms with Crippen LogP contribution in [-0.4, -0.2) is 11.6 Å². The van der Waals surface area contributed by atoms with E-state index >= 15 is 0 Å². The van der Waals surface area contributed by atoms with Gasteiger partial charge in [0.1, 0.15) is 17.5 Å². The molecule has 0 unspecified atom stereocenters. The van der Waals surface area contributed by atoms with Crippen LogP contribution in [0.15, 0.2) is 24.9 Å². The summed E-state index contributed by atoms with van der Waals surface area (Å²) in [6.45, 7) is 5.96. The number of ether oxygens (including phenoxy) is 1. The maximum absolute atomic E-state index is 5.68. The van der Waals surface area contributed by atoms with Crippen LogP contribution in [0.4, 0.5) is 0 Å². The minimum absolute atomic E-state index is 0.444. The predicted octanol–water partition coefficient (Wildman–Crippen LogP) is 2.61. The second-order valence-electron chi connectivity index (χ2n) is 2.37. The quantitative estimate of drug-likeness (QED) is 0.531. The lowest BCUT2D eigenvalue weighted by Gasteiger charge is -2.05. The van der Waals surface area contributed by atoms with Crippen LogP contribution in [0.25, 0.3) is 0 Å².